The fourth-order valence-electron chi connectivity index (χ4n) is 1.81. The number of ether oxygens (including phenoxy) is 1. The van der Waals surface area contributed by atoms with E-state index in [2.05, 4.69) is 15.6 Å². The van der Waals surface area contributed by atoms with E-state index in [1.807, 2.05) is 12.1 Å². The molecule has 1 amide bonds. The quantitative estimate of drug-likeness (QED) is 0.800. The number of aromatic nitrogens is 1. The average molecular weight is 294 g/mol. The third kappa shape index (κ3) is 3.82. The molecular formula is C14H16ClN3O2. The summed E-state index contributed by atoms with van der Waals surface area (Å²) < 4.78 is 4.87. The fraction of sp³-hybridized carbons (Fsp3) is 0.286. The molecule has 6 heteroatoms. The van der Waals surface area contributed by atoms with Crippen LogP contribution < -0.4 is 10.6 Å². The van der Waals surface area contributed by atoms with Crippen LogP contribution >= 0.6 is 11.6 Å². The van der Waals surface area contributed by atoms with E-state index in [1.165, 1.54) is 0 Å². The van der Waals surface area contributed by atoms with E-state index in [1.54, 1.807) is 25.4 Å². The molecule has 0 spiro atoms. The van der Waals surface area contributed by atoms with Crippen LogP contribution in [0.4, 0.5) is 5.69 Å². The molecule has 0 aliphatic rings. The Morgan fingerprint density at radius 1 is 1.40 bits per heavy atom. The summed E-state index contributed by atoms with van der Waals surface area (Å²) >= 11 is 5.93. The molecule has 1 heterocycles. The molecule has 2 N–H and O–H groups in total. The highest BCUT2D eigenvalue weighted by Gasteiger charge is 2.05. The number of amides is 1. The molecule has 0 aliphatic carbocycles. The van der Waals surface area contributed by atoms with E-state index in [9.17, 15) is 4.79 Å². The normalized spacial score (nSPS) is 10.5. The molecule has 2 aromatic rings. The van der Waals surface area contributed by atoms with Gasteiger partial charge in [0.1, 0.15) is 0 Å². The monoisotopic (exact) mass is 293 g/mol. The van der Waals surface area contributed by atoms with Crippen LogP contribution in [-0.4, -0.2) is 37.7 Å². The first kappa shape index (κ1) is 14.6. The highest BCUT2D eigenvalue weighted by atomic mass is 35.5. The molecule has 0 fully saturated rings. The van der Waals surface area contributed by atoms with Crippen LogP contribution in [0.1, 0.15) is 0 Å². The molecule has 0 aliphatic heterocycles. The Morgan fingerprint density at radius 2 is 2.25 bits per heavy atom. The molecule has 1 aromatic carbocycles. The van der Waals surface area contributed by atoms with Crippen molar-refractivity contribution in [1.29, 1.82) is 0 Å². The standard InChI is InChI=1S/C14H16ClN3O2/c1-20-7-6-17-14(19)9-18-12-4-5-16-13-8-10(15)2-3-11(12)13/h2-5,8H,6-7,9H2,1H3,(H,16,18)(H,17,19). The topological polar surface area (TPSA) is 63.2 Å². The van der Waals surface area contributed by atoms with E-state index >= 15 is 0 Å². The van der Waals surface area contributed by atoms with Gasteiger partial charge in [0.25, 0.3) is 0 Å². The van der Waals surface area contributed by atoms with Crippen molar-refractivity contribution in [2.75, 3.05) is 32.1 Å². The molecule has 2 rings (SSSR count). The third-order valence-corrected chi connectivity index (χ3v) is 3.01. The van der Waals surface area contributed by atoms with E-state index in [-0.39, 0.29) is 12.5 Å². The zero-order chi connectivity index (χ0) is 14.4. The van der Waals surface area contributed by atoms with E-state index < -0.39 is 0 Å². The van der Waals surface area contributed by atoms with Crippen LogP contribution in [0.3, 0.4) is 0 Å². The van der Waals surface area contributed by atoms with Crippen LogP contribution in [0.15, 0.2) is 30.5 Å². The first-order valence-electron chi connectivity index (χ1n) is 6.24. The number of hydrogen-bond donors (Lipinski definition) is 2. The molecule has 20 heavy (non-hydrogen) atoms. The summed E-state index contributed by atoms with van der Waals surface area (Å²) in [7, 11) is 1.60. The van der Waals surface area contributed by atoms with Gasteiger partial charge in [-0.05, 0) is 24.3 Å². The second-order valence-corrected chi connectivity index (χ2v) is 4.65. The minimum absolute atomic E-state index is 0.0824. The maximum Gasteiger partial charge on any atom is 0.239 e. The number of nitrogens with zero attached hydrogens (tertiary/aromatic N) is 1. The summed E-state index contributed by atoms with van der Waals surface area (Å²) in [5.74, 6) is -0.0824. The van der Waals surface area contributed by atoms with Crippen LogP contribution in [0.5, 0.6) is 0 Å². The van der Waals surface area contributed by atoms with Crippen molar-refractivity contribution in [2.24, 2.45) is 0 Å². The minimum atomic E-state index is -0.0824. The summed E-state index contributed by atoms with van der Waals surface area (Å²) in [6.45, 7) is 1.21. The van der Waals surface area contributed by atoms with E-state index in [0.29, 0.717) is 18.2 Å². The van der Waals surface area contributed by atoms with Gasteiger partial charge in [-0.1, -0.05) is 11.6 Å². The number of benzene rings is 1. The first-order chi connectivity index (χ1) is 9.70. The van der Waals surface area contributed by atoms with E-state index in [4.69, 9.17) is 16.3 Å². The van der Waals surface area contributed by atoms with Gasteiger partial charge in [0.2, 0.25) is 5.91 Å². The number of nitrogens with one attached hydrogen (secondary N) is 2. The number of hydrogen-bond acceptors (Lipinski definition) is 4. The number of methoxy groups -OCH3 is 1. The number of pyridine rings is 1. The molecule has 106 valence electrons. The summed E-state index contributed by atoms with van der Waals surface area (Å²) in [5, 5.41) is 7.42. The lowest BCUT2D eigenvalue weighted by atomic mass is 10.2. The molecule has 0 radical (unpaired) electrons. The number of carbonyl (C=O) groups excluding carboxylic acids is 1. The zero-order valence-electron chi connectivity index (χ0n) is 11.1. The SMILES string of the molecule is COCCNC(=O)CNc1ccnc2cc(Cl)ccc12. The average Bonchev–Trinajstić information content (AvgIpc) is 2.45. The fourth-order valence-corrected chi connectivity index (χ4v) is 1.97. The molecular weight excluding hydrogens is 278 g/mol. The van der Waals surface area contributed by atoms with Crippen LogP contribution in [0.25, 0.3) is 10.9 Å². The van der Waals surface area contributed by atoms with Gasteiger partial charge < -0.3 is 15.4 Å². The van der Waals surface area contributed by atoms with E-state index in [0.717, 1.165) is 16.6 Å². The molecule has 0 bridgehead atoms. The zero-order valence-corrected chi connectivity index (χ0v) is 11.9. The lowest BCUT2D eigenvalue weighted by molar-refractivity contribution is -0.119. The second kappa shape index (κ2) is 7.07. The predicted molar refractivity (Wildman–Crippen MR) is 80.1 cm³/mol. The van der Waals surface area contributed by atoms with Crippen LogP contribution in [0, 0.1) is 0 Å². The van der Waals surface area contributed by atoms with Crippen molar-refractivity contribution < 1.29 is 9.53 Å². The minimum Gasteiger partial charge on any atom is -0.383 e. The second-order valence-electron chi connectivity index (χ2n) is 4.22. The highest BCUT2D eigenvalue weighted by Crippen LogP contribution is 2.23. The van der Waals surface area contributed by atoms with Gasteiger partial charge in [0, 0.05) is 35.9 Å². The Hall–Kier alpha value is -1.85. The van der Waals surface area contributed by atoms with Gasteiger partial charge in [-0.25, -0.2) is 0 Å². The van der Waals surface area contributed by atoms with Crippen molar-refractivity contribution in [1.82, 2.24) is 10.3 Å². The number of anilines is 1. The largest absolute Gasteiger partial charge is 0.383 e. The molecule has 0 unspecified atom stereocenters. The Morgan fingerprint density at radius 3 is 3.05 bits per heavy atom. The Balaban J connectivity index is 2.01. The maximum atomic E-state index is 11.6. The smallest absolute Gasteiger partial charge is 0.239 e. The molecule has 0 saturated carbocycles. The number of carbonyl (C=O) groups is 1. The Bertz CT molecular complexity index is 604. The van der Waals surface area contributed by atoms with Crippen molar-refractivity contribution in [3.05, 3.63) is 35.5 Å². The molecule has 0 atom stereocenters. The summed E-state index contributed by atoms with van der Waals surface area (Å²) in [6, 6.07) is 7.31. The number of rotatable bonds is 6. The highest BCUT2D eigenvalue weighted by molar-refractivity contribution is 6.31. The summed E-state index contributed by atoms with van der Waals surface area (Å²) in [6.07, 6.45) is 1.68. The number of halogens is 1. The summed E-state index contributed by atoms with van der Waals surface area (Å²) in [5.41, 5.74) is 1.65. The van der Waals surface area contributed by atoms with Crippen LogP contribution in [0.2, 0.25) is 5.02 Å². The Kier molecular flexibility index (Phi) is 5.15. The lowest BCUT2D eigenvalue weighted by Crippen LogP contribution is -2.32. The predicted octanol–water partition coefficient (Wildman–Crippen LogP) is 2.06. The number of fused-ring (bicyclic) bond motifs is 1. The van der Waals surface area contributed by atoms with Gasteiger partial charge in [-0.3, -0.25) is 9.78 Å². The molecule has 1 aromatic heterocycles. The van der Waals surface area contributed by atoms with Crippen molar-refractivity contribution >= 4 is 34.1 Å². The lowest BCUT2D eigenvalue weighted by Gasteiger charge is -2.10. The first-order valence-corrected chi connectivity index (χ1v) is 6.62. The van der Waals surface area contributed by atoms with Crippen LogP contribution in [-0.2, 0) is 9.53 Å². The summed E-state index contributed by atoms with van der Waals surface area (Å²) in [4.78, 5) is 15.9. The van der Waals surface area contributed by atoms with Gasteiger partial charge in [-0.2, -0.15) is 0 Å². The Labute approximate surface area is 122 Å². The molecule has 0 saturated heterocycles. The van der Waals surface area contributed by atoms with Gasteiger partial charge >= 0.3 is 0 Å². The van der Waals surface area contributed by atoms with Crippen molar-refractivity contribution in [2.45, 2.75) is 0 Å². The third-order valence-electron chi connectivity index (χ3n) is 2.77. The maximum absolute atomic E-state index is 11.6. The van der Waals surface area contributed by atoms with Gasteiger partial charge in [0.15, 0.2) is 0 Å². The van der Waals surface area contributed by atoms with Crippen molar-refractivity contribution in [3.63, 3.8) is 0 Å². The van der Waals surface area contributed by atoms with Gasteiger partial charge in [0.05, 0.1) is 18.7 Å². The van der Waals surface area contributed by atoms with Crippen molar-refractivity contribution in [3.8, 4) is 0 Å². The molecule has 5 nitrogen and oxygen atoms in total. The van der Waals surface area contributed by atoms with Gasteiger partial charge in [-0.15, -0.1) is 0 Å².